The van der Waals surface area contributed by atoms with Gasteiger partial charge in [0.25, 0.3) is 5.91 Å². The fraction of sp³-hybridized carbons (Fsp3) is 0.545. The summed E-state index contributed by atoms with van der Waals surface area (Å²) in [5.41, 5.74) is 2.00. The first-order valence-electron chi connectivity index (χ1n) is 5.59. The van der Waals surface area contributed by atoms with Crippen LogP contribution in [0.2, 0.25) is 0 Å². The molecule has 0 fully saturated rings. The lowest BCUT2D eigenvalue weighted by molar-refractivity contribution is -0.121. The van der Waals surface area contributed by atoms with Gasteiger partial charge < -0.3 is 10.6 Å². The molecule has 0 saturated carbocycles. The number of carbonyl (C=O) groups is 2. The minimum atomic E-state index is -0.234. The second kappa shape index (κ2) is 7.01. The molecule has 0 spiro atoms. The lowest BCUT2D eigenvalue weighted by Crippen LogP contribution is -2.35. The molecule has 0 saturated heterocycles. The van der Waals surface area contributed by atoms with Crippen LogP contribution in [-0.2, 0) is 4.79 Å². The molecule has 17 heavy (non-hydrogen) atoms. The van der Waals surface area contributed by atoms with E-state index in [1.54, 1.807) is 10.9 Å². The van der Waals surface area contributed by atoms with Crippen LogP contribution in [0.25, 0.3) is 0 Å². The van der Waals surface area contributed by atoms with E-state index in [0.29, 0.717) is 18.7 Å². The van der Waals surface area contributed by atoms with E-state index in [4.69, 9.17) is 0 Å². The first kappa shape index (κ1) is 13.6. The lowest BCUT2D eigenvalue weighted by atomic mass is 10.2. The number of nitrogens with zero attached hydrogens (tertiary/aromatic N) is 1. The van der Waals surface area contributed by atoms with Gasteiger partial charge >= 0.3 is 0 Å². The van der Waals surface area contributed by atoms with Gasteiger partial charge in [-0.15, -0.1) is 11.3 Å². The van der Waals surface area contributed by atoms with Gasteiger partial charge in [0.05, 0.1) is 5.51 Å². The number of rotatable bonds is 6. The number of amides is 2. The molecule has 2 N–H and O–H groups in total. The maximum Gasteiger partial charge on any atom is 0.270 e. The largest absolute Gasteiger partial charge is 0.354 e. The summed E-state index contributed by atoms with van der Waals surface area (Å²) in [6.45, 7) is 4.29. The zero-order chi connectivity index (χ0) is 12.7. The van der Waals surface area contributed by atoms with Gasteiger partial charge in [-0.3, -0.25) is 9.59 Å². The number of hydrogen-bond acceptors (Lipinski definition) is 4. The Kier molecular flexibility index (Phi) is 5.62. The standard InChI is InChI=1S/C11H17N3O2S/c1-3-8(2)14-10(15)4-5-12-11(16)9-6-17-7-13-9/h6-8H,3-5H2,1-2H3,(H,12,16)(H,14,15). The molecule has 1 unspecified atom stereocenters. The van der Waals surface area contributed by atoms with Crippen molar-refractivity contribution in [3.05, 3.63) is 16.6 Å². The summed E-state index contributed by atoms with van der Waals surface area (Å²) < 4.78 is 0. The van der Waals surface area contributed by atoms with Crippen molar-refractivity contribution in [2.45, 2.75) is 32.7 Å². The van der Waals surface area contributed by atoms with E-state index >= 15 is 0 Å². The predicted octanol–water partition coefficient (Wildman–Crippen LogP) is 1.18. The average Bonchev–Trinajstić information content (AvgIpc) is 2.82. The van der Waals surface area contributed by atoms with Crippen molar-refractivity contribution in [3.8, 4) is 0 Å². The highest BCUT2D eigenvalue weighted by molar-refractivity contribution is 7.07. The van der Waals surface area contributed by atoms with Crippen LogP contribution >= 0.6 is 11.3 Å². The Morgan fingerprint density at radius 2 is 2.29 bits per heavy atom. The second-order valence-electron chi connectivity index (χ2n) is 3.76. The van der Waals surface area contributed by atoms with Crippen molar-refractivity contribution >= 4 is 23.2 Å². The third kappa shape index (κ3) is 4.95. The molecule has 1 rings (SSSR count). The molecule has 0 aromatic carbocycles. The van der Waals surface area contributed by atoms with Crippen LogP contribution in [0.5, 0.6) is 0 Å². The summed E-state index contributed by atoms with van der Waals surface area (Å²) >= 11 is 1.37. The molecule has 0 bridgehead atoms. The molecule has 0 aliphatic carbocycles. The van der Waals surface area contributed by atoms with Crippen molar-refractivity contribution in [3.63, 3.8) is 0 Å². The molecule has 5 nitrogen and oxygen atoms in total. The molecule has 1 aromatic rings. The summed E-state index contributed by atoms with van der Waals surface area (Å²) in [7, 11) is 0. The Morgan fingerprint density at radius 3 is 2.88 bits per heavy atom. The quantitative estimate of drug-likeness (QED) is 0.801. The Balaban J connectivity index is 2.20. The van der Waals surface area contributed by atoms with Crippen LogP contribution in [0, 0.1) is 0 Å². The molecule has 6 heteroatoms. The minimum absolute atomic E-state index is 0.0436. The molecule has 1 aromatic heterocycles. The fourth-order valence-electron chi connectivity index (χ4n) is 1.15. The maximum absolute atomic E-state index is 11.5. The Morgan fingerprint density at radius 1 is 1.53 bits per heavy atom. The highest BCUT2D eigenvalue weighted by atomic mass is 32.1. The van der Waals surface area contributed by atoms with Crippen LogP contribution in [0.3, 0.4) is 0 Å². The molecule has 94 valence electrons. The van der Waals surface area contributed by atoms with Gasteiger partial charge in [0.15, 0.2) is 0 Å². The molecular formula is C11H17N3O2S. The van der Waals surface area contributed by atoms with Crippen molar-refractivity contribution in [1.29, 1.82) is 0 Å². The Hall–Kier alpha value is -1.43. The highest BCUT2D eigenvalue weighted by Crippen LogP contribution is 2.00. The van der Waals surface area contributed by atoms with Crippen molar-refractivity contribution in [1.82, 2.24) is 15.6 Å². The number of thiazole rings is 1. The highest BCUT2D eigenvalue weighted by Gasteiger charge is 2.09. The third-order valence-electron chi connectivity index (χ3n) is 2.32. The molecule has 1 heterocycles. The lowest BCUT2D eigenvalue weighted by Gasteiger charge is -2.11. The Bertz CT molecular complexity index is 365. The zero-order valence-electron chi connectivity index (χ0n) is 10.0. The topological polar surface area (TPSA) is 71.1 Å². The van der Waals surface area contributed by atoms with Gasteiger partial charge in [-0.25, -0.2) is 4.98 Å². The molecule has 0 radical (unpaired) electrons. The second-order valence-corrected chi connectivity index (χ2v) is 4.48. The van der Waals surface area contributed by atoms with Gasteiger partial charge in [-0.05, 0) is 13.3 Å². The monoisotopic (exact) mass is 255 g/mol. The smallest absolute Gasteiger partial charge is 0.270 e. The van der Waals surface area contributed by atoms with Gasteiger partial charge in [-0.2, -0.15) is 0 Å². The minimum Gasteiger partial charge on any atom is -0.354 e. The maximum atomic E-state index is 11.5. The van der Waals surface area contributed by atoms with E-state index < -0.39 is 0 Å². The van der Waals surface area contributed by atoms with Crippen molar-refractivity contribution < 1.29 is 9.59 Å². The first-order valence-corrected chi connectivity index (χ1v) is 6.53. The van der Waals surface area contributed by atoms with Crippen LogP contribution in [0.1, 0.15) is 37.2 Å². The van der Waals surface area contributed by atoms with Crippen LogP contribution in [0.4, 0.5) is 0 Å². The molecule has 2 amide bonds. The van der Waals surface area contributed by atoms with E-state index in [1.807, 2.05) is 13.8 Å². The Labute approximate surface area is 105 Å². The molecular weight excluding hydrogens is 238 g/mol. The first-order chi connectivity index (χ1) is 8.13. The third-order valence-corrected chi connectivity index (χ3v) is 2.91. The normalized spacial score (nSPS) is 11.9. The van der Waals surface area contributed by atoms with E-state index in [2.05, 4.69) is 15.6 Å². The fourth-order valence-corrected chi connectivity index (χ4v) is 1.69. The van der Waals surface area contributed by atoms with E-state index in [0.717, 1.165) is 6.42 Å². The van der Waals surface area contributed by atoms with Gasteiger partial charge in [-0.1, -0.05) is 6.92 Å². The van der Waals surface area contributed by atoms with Crippen LogP contribution < -0.4 is 10.6 Å². The summed E-state index contributed by atoms with van der Waals surface area (Å²) in [6.07, 6.45) is 1.19. The van der Waals surface area contributed by atoms with Gasteiger partial charge in [0.2, 0.25) is 5.91 Å². The van der Waals surface area contributed by atoms with Crippen molar-refractivity contribution in [2.24, 2.45) is 0 Å². The van der Waals surface area contributed by atoms with Crippen LogP contribution in [0.15, 0.2) is 10.9 Å². The van der Waals surface area contributed by atoms with Crippen molar-refractivity contribution in [2.75, 3.05) is 6.54 Å². The zero-order valence-corrected chi connectivity index (χ0v) is 10.8. The number of aromatic nitrogens is 1. The number of carbonyl (C=O) groups excluding carboxylic acids is 2. The number of hydrogen-bond donors (Lipinski definition) is 2. The predicted molar refractivity (Wildman–Crippen MR) is 67.0 cm³/mol. The van der Waals surface area contributed by atoms with E-state index in [1.165, 1.54) is 11.3 Å². The van der Waals surface area contributed by atoms with Crippen LogP contribution in [-0.4, -0.2) is 29.4 Å². The van der Waals surface area contributed by atoms with Gasteiger partial charge in [0, 0.05) is 24.4 Å². The summed E-state index contributed by atoms with van der Waals surface area (Å²) in [4.78, 5) is 26.8. The summed E-state index contributed by atoms with van der Waals surface area (Å²) in [6, 6.07) is 0.178. The molecule has 1 atom stereocenters. The average molecular weight is 255 g/mol. The van der Waals surface area contributed by atoms with E-state index in [-0.39, 0.29) is 17.9 Å². The van der Waals surface area contributed by atoms with Gasteiger partial charge in [0.1, 0.15) is 5.69 Å². The number of nitrogens with one attached hydrogen (secondary N) is 2. The molecule has 0 aliphatic rings. The molecule has 0 aliphatic heterocycles. The SMILES string of the molecule is CCC(C)NC(=O)CCNC(=O)c1cscn1. The summed E-state index contributed by atoms with van der Waals surface area (Å²) in [5.74, 6) is -0.277. The summed E-state index contributed by atoms with van der Waals surface area (Å²) in [5, 5.41) is 7.16. The van der Waals surface area contributed by atoms with E-state index in [9.17, 15) is 9.59 Å².